The van der Waals surface area contributed by atoms with E-state index in [-0.39, 0.29) is 12.1 Å². The van der Waals surface area contributed by atoms with E-state index in [4.69, 9.17) is 14.0 Å². The van der Waals surface area contributed by atoms with Crippen LogP contribution in [-0.2, 0) is 14.0 Å². The van der Waals surface area contributed by atoms with E-state index in [1.807, 2.05) is 65.1 Å². The zero-order chi connectivity index (χ0) is 22.4. The Bertz CT molecular complexity index is 980. The number of hydrogen-bond donors (Lipinski definition) is 0. The number of amides is 1. The van der Waals surface area contributed by atoms with Gasteiger partial charge in [0.1, 0.15) is 16.2 Å². The monoisotopic (exact) mass is 440 g/mol. The number of ether oxygens (including phenoxy) is 1. The molecule has 1 aromatic carbocycles. The summed E-state index contributed by atoms with van der Waals surface area (Å²) in [5, 5.41) is 0.947. The second kappa shape index (κ2) is 7.99. The van der Waals surface area contributed by atoms with E-state index in [2.05, 4.69) is 11.6 Å². The molecule has 0 spiro atoms. The molecule has 1 amide bonds. The lowest BCUT2D eigenvalue weighted by atomic mass is 9.79. The number of aromatic nitrogens is 1. The maximum Gasteiger partial charge on any atom is 0.563 e. The van der Waals surface area contributed by atoms with Crippen molar-refractivity contribution in [2.75, 3.05) is 6.54 Å². The van der Waals surface area contributed by atoms with E-state index in [0.29, 0.717) is 12.3 Å². The van der Waals surface area contributed by atoms with Crippen molar-refractivity contribution in [3.63, 3.8) is 0 Å². The smallest absolute Gasteiger partial charge is 0.534 e. The molecule has 3 heterocycles. The van der Waals surface area contributed by atoms with Crippen LogP contribution in [0.2, 0.25) is 0 Å². The number of carbonyl (C=O) groups excluding carboxylic acids is 1. The number of carbonyl (C=O) groups is 1. The second-order valence-corrected chi connectivity index (χ2v) is 10.6. The van der Waals surface area contributed by atoms with Gasteiger partial charge in [-0.05, 0) is 58.5 Å². The molecule has 0 saturated carbocycles. The molecule has 4 rings (SSSR count). The molecule has 0 N–H and O–H groups in total. The average Bonchev–Trinajstić information content (AvgIpc) is 3.40. The van der Waals surface area contributed by atoms with Crippen molar-refractivity contribution in [1.29, 1.82) is 0 Å². The van der Waals surface area contributed by atoms with Gasteiger partial charge in [-0.25, -0.2) is 9.78 Å². The lowest BCUT2D eigenvalue weighted by Crippen LogP contribution is -2.36. The van der Waals surface area contributed by atoms with Gasteiger partial charge in [0.05, 0.1) is 16.7 Å². The summed E-state index contributed by atoms with van der Waals surface area (Å²) in [6, 6.07) is 8.09. The fourth-order valence-electron chi connectivity index (χ4n) is 3.71. The molecule has 2 aromatic rings. The van der Waals surface area contributed by atoms with Crippen molar-refractivity contribution in [3.05, 3.63) is 47.8 Å². The van der Waals surface area contributed by atoms with Crippen LogP contribution in [0.1, 0.15) is 58.5 Å². The van der Waals surface area contributed by atoms with Gasteiger partial charge in [0.2, 0.25) is 0 Å². The van der Waals surface area contributed by atoms with Gasteiger partial charge in [-0.3, -0.25) is 4.90 Å². The van der Waals surface area contributed by atoms with Gasteiger partial charge >= 0.3 is 13.2 Å². The summed E-state index contributed by atoms with van der Waals surface area (Å²) in [7, 11) is -0.436. The summed E-state index contributed by atoms with van der Waals surface area (Å²) in [6.07, 6.45) is 3.48. The molecule has 31 heavy (non-hydrogen) atoms. The molecule has 8 heteroatoms. The van der Waals surface area contributed by atoms with Gasteiger partial charge in [-0.15, -0.1) is 11.3 Å². The molecule has 2 saturated heterocycles. The van der Waals surface area contributed by atoms with Crippen LogP contribution < -0.4 is 5.46 Å². The van der Waals surface area contributed by atoms with Crippen LogP contribution in [0.25, 0.3) is 10.4 Å². The Labute approximate surface area is 188 Å². The number of nitrogens with zero attached hydrogens (tertiary/aromatic N) is 2. The Kier molecular flexibility index (Phi) is 5.64. The molecule has 0 radical (unpaired) electrons. The maximum absolute atomic E-state index is 12.6. The molecule has 0 aliphatic carbocycles. The zero-order valence-electron chi connectivity index (χ0n) is 18.8. The fourth-order valence-corrected chi connectivity index (χ4v) is 4.78. The van der Waals surface area contributed by atoms with Crippen LogP contribution in [0, 0.1) is 0 Å². The Morgan fingerprint density at radius 1 is 1.32 bits per heavy atom. The van der Waals surface area contributed by atoms with Gasteiger partial charge in [0, 0.05) is 12.7 Å². The molecule has 1 atom stereocenters. The van der Waals surface area contributed by atoms with E-state index in [0.717, 1.165) is 33.8 Å². The maximum atomic E-state index is 12.6. The van der Waals surface area contributed by atoms with Crippen LogP contribution >= 0.6 is 11.3 Å². The van der Waals surface area contributed by atoms with E-state index in [1.54, 1.807) is 16.2 Å². The Morgan fingerprint density at radius 3 is 2.65 bits per heavy atom. The SMILES string of the molecule is C=C1OB(c2ccc(-c3cnc([C@H]4CCCN4C(=O)OC(C)(C)C)s3)cc2)OC1(C)C. The number of thiazole rings is 1. The first-order chi connectivity index (χ1) is 14.5. The van der Waals surface area contributed by atoms with Crippen LogP contribution in [0.4, 0.5) is 4.79 Å². The first-order valence-corrected chi connectivity index (χ1v) is 11.4. The van der Waals surface area contributed by atoms with E-state index in [1.165, 1.54) is 0 Å². The van der Waals surface area contributed by atoms with Crippen molar-refractivity contribution in [3.8, 4) is 10.4 Å². The number of rotatable bonds is 3. The number of benzene rings is 1. The highest BCUT2D eigenvalue weighted by Gasteiger charge is 2.42. The Morgan fingerprint density at radius 2 is 2.03 bits per heavy atom. The third-order valence-corrected chi connectivity index (χ3v) is 6.63. The largest absolute Gasteiger partial charge is 0.563 e. The fraction of sp³-hybridized carbons (Fsp3) is 0.478. The topological polar surface area (TPSA) is 60.9 Å². The van der Waals surface area contributed by atoms with Crippen molar-refractivity contribution in [1.82, 2.24) is 9.88 Å². The molecule has 2 aliphatic heterocycles. The summed E-state index contributed by atoms with van der Waals surface area (Å²) >= 11 is 1.62. The lowest BCUT2D eigenvalue weighted by molar-refractivity contribution is 0.0224. The van der Waals surface area contributed by atoms with Crippen LogP contribution in [0.15, 0.2) is 42.8 Å². The lowest BCUT2D eigenvalue weighted by Gasteiger charge is -2.27. The Balaban J connectivity index is 1.47. The summed E-state index contributed by atoms with van der Waals surface area (Å²) in [5.41, 5.74) is 1.03. The third-order valence-electron chi connectivity index (χ3n) is 5.48. The average molecular weight is 440 g/mol. The molecule has 0 bridgehead atoms. The highest BCUT2D eigenvalue weighted by atomic mass is 32.1. The van der Waals surface area contributed by atoms with Crippen LogP contribution in [-0.4, -0.2) is 40.8 Å². The first kappa shape index (κ1) is 21.9. The minimum Gasteiger partial charge on any atom is -0.534 e. The van der Waals surface area contributed by atoms with Gasteiger partial charge in [0.25, 0.3) is 0 Å². The number of likely N-dealkylation sites (tertiary alicyclic amines) is 1. The van der Waals surface area contributed by atoms with E-state index >= 15 is 0 Å². The van der Waals surface area contributed by atoms with E-state index in [9.17, 15) is 4.79 Å². The summed E-state index contributed by atoms with van der Waals surface area (Å²) in [5.74, 6) is 0.639. The predicted octanol–water partition coefficient (Wildman–Crippen LogP) is 4.92. The molecule has 164 valence electrons. The van der Waals surface area contributed by atoms with E-state index < -0.39 is 18.3 Å². The molecule has 2 aliphatic rings. The molecular weight excluding hydrogens is 411 g/mol. The summed E-state index contributed by atoms with van der Waals surface area (Å²) in [6.45, 7) is 14.2. The van der Waals surface area contributed by atoms with Crippen LogP contribution in [0.3, 0.4) is 0 Å². The Hall–Kier alpha value is -2.32. The molecular formula is C23H29BN2O4S. The third kappa shape index (κ3) is 4.65. The van der Waals surface area contributed by atoms with Gasteiger partial charge in [-0.2, -0.15) is 0 Å². The van der Waals surface area contributed by atoms with Crippen molar-refractivity contribution >= 4 is 30.0 Å². The number of hydrogen-bond acceptors (Lipinski definition) is 6. The summed E-state index contributed by atoms with van der Waals surface area (Å²) < 4.78 is 17.3. The van der Waals surface area contributed by atoms with Gasteiger partial charge in [-0.1, -0.05) is 30.8 Å². The second-order valence-electron chi connectivity index (χ2n) is 9.52. The minimum absolute atomic E-state index is 0.0265. The van der Waals surface area contributed by atoms with Crippen molar-refractivity contribution in [2.45, 2.75) is 64.7 Å². The van der Waals surface area contributed by atoms with Crippen molar-refractivity contribution < 1.29 is 18.8 Å². The summed E-state index contributed by atoms with van der Waals surface area (Å²) in [4.78, 5) is 20.1. The van der Waals surface area contributed by atoms with Gasteiger partial charge < -0.3 is 14.0 Å². The highest BCUT2D eigenvalue weighted by molar-refractivity contribution is 7.15. The quantitative estimate of drug-likeness (QED) is 0.635. The van der Waals surface area contributed by atoms with Crippen LogP contribution in [0.5, 0.6) is 0 Å². The normalized spacial score (nSPS) is 20.8. The molecule has 6 nitrogen and oxygen atoms in total. The van der Waals surface area contributed by atoms with Crippen molar-refractivity contribution in [2.24, 2.45) is 0 Å². The highest BCUT2D eigenvalue weighted by Crippen LogP contribution is 2.38. The molecule has 1 aromatic heterocycles. The standard InChI is InChI=1S/C23H29BN2O4S/c1-15-23(5,6)30-24(29-15)17-11-9-16(10-12-17)19-14-25-20(31-19)18-8-7-13-26(18)21(27)28-22(2,3)4/h9-12,14,18H,1,7-8,13H2,2-6H3/t18-/m1/s1. The molecule has 2 fully saturated rings. The first-order valence-electron chi connectivity index (χ1n) is 10.6. The zero-order valence-corrected chi connectivity index (χ0v) is 19.6. The van der Waals surface area contributed by atoms with Gasteiger partial charge in [0.15, 0.2) is 0 Å². The predicted molar refractivity (Wildman–Crippen MR) is 123 cm³/mol. The molecule has 0 unspecified atom stereocenters. The minimum atomic E-state index is -0.506.